The third-order valence-electron chi connectivity index (χ3n) is 3.70. The highest BCUT2D eigenvalue weighted by atomic mass is 16.4. The number of carbonyl (C=O) groups excluding carboxylic acids is 1. The lowest BCUT2D eigenvalue weighted by atomic mass is 9.81. The van der Waals surface area contributed by atoms with Gasteiger partial charge in [-0.25, -0.2) is 0 Å². The summed E-state index contributed by atoms with van der Waals surface area (Å²) in [5.74, 6) is -1.46. The standard InChI is InChI=1S/C17H16N2O4/c1-17(2,16(21)22)14(13-7-8-23-10-13)19-15(20)12-5-3-11(9-18)4-6-12/h3-8,10,14H,1-2H3,(H,19,20)(H,21,22). The second kappa shape index (κ2) is 6.36. The number of nitriles is 1. The molecule has 2 aromatic rings. The lowest BCUT2D eigenvalue weighted by Gasteiger charge is -2.30. The van der Waals surface area contributed by atoms with Crippen LogP contribution in [0.3, 0.4) is 0 Å². The maximum atomic E-state index is 12.4. The van der Waals surface area contributed by atoms with E-state index in [-0.39, 0.29) is 0 Å². The highest BCUT2D eigenvalue weighted by Crippen LogP contribution is 2.34. The summed E-state index contributed by atoms with van der Waals surface area (Å²) < 4.78 is 5.01. The van der Waals surface area contributed by atoms with Crippen molar-refractivity contribution in [3.63, 3.8) is 0 Å². The van der Waals surface area contributed by atoms with Crippen LogP contribution in [0, 0.1) is 16.7 Å². The third kappa shape index (κ3) is 3.40. The zero-order valence-electron chi connectivity index (χ0n) is 12.7. The van der Waals surface area contributed by atoms with Crippen LogP contribution in [-0.2, 0) is 4.79 Å². The number of carbonyl (C=O) groups is 2. The molecule has 1 aromatic heterocycles. The van der Waals surface area contributed by atoms with E-state index in [0.717, 1.165) is 0 Å². The molecular formula is C17H16N2O4. The number of furan rings is 1. The second-order valence-corrected chi connectivity index (χ2v) is 5.68. The molecule has 6 nitrogen and oxygen atoms in total. The smallest absolute Gasteiger partial charge is 0.311 e. The summed E-state index contributed by atoms with van der Waals surface area (Å²) in [6.07, 6.45) is 2.84. The average Bonchev–Trinajstić information content (AvgIpc) is 3.06. The molecule has 0 aliphatic heterocycles. The SMILES string of the molecule is CC(C)(C(=O)O)C(NC(=O)c1ccc(C#N)cc1)c1ccoc1. The first-order valence-electron chi connectivity index (χ1n) is 6.92. The van der Waals surface area contributed by atoms with E-state index >= 15 is 0 Å². The maximum Gasteiger partial charge on any atom is 0.311 e. The zero-order chi connectivity index (χ0) is 17.0. The summed E-state index contributed by atoms with van der Waals surface area (Å²) in [6, 6.07) is 8.94. The second-order valence-electron chi connectivity index (χ2n) is 5.68. The van der Waals surface area contributed by atoms with E-state index in [0.29, 0.717) is 16.7 Å². The van der Waals surface area contributed by atoms with Crippen molar-refractivity contribution in [1.82, 2.24) is 5.32 Å². The molecule has 2 N–H and O–H groups in total. The van der Waals surface area contributed by atoms with Gasteiger partial charge in [0.15, 0.2) is 0 Å². The number of carboxylic acids is 1. The first-order chi connectivity index (χ1) is 10.9. The van der Waals surface area contributed by atoms with Crippen molar-refractivity contribution >= 4 is 11.9 Å². The van der Waals surface area contributed by atoms with E-state index < -0.39 is 23.3 Å². The molecule has 1 heterocycles. The minimum atomic E-state index is -1.23. The van der Waals surface area contributed by atoms with Gasteiger partial charge in [-0.05, 0) is 44.2 Å². The number of nitrogens with zero attached hydrogens (tertiary/aromatic N) is 1. The molecule has 0 aliphatic carbocycles. The van der Waals surface area contributed by atoms with E-state index in [2.05, 4.69) is 5.32 Å². The lowest BCUT2D eigenvalue weighted by Crippen LogP contribution is -2.42. The van der Waals surface area contributed by atoms with Crippen LogP contribution < -0.4 is 5.32 Å². The van der Waals surface area contributed by atoms with E-state index in [1.165, 1.54) is 50.6 Å². The molecule has 0 saturated carbocycles. The third-order valence-corrected chi connectivity index (χ3v) is 3.70. The van der Waals surface area contributed by atoms with E-state index in [4.69, 9.17) is 9.68 Å². The molecule has 1 amide bonds. The Morgan fingerprint density at radius 3 is 2.39 bits per heavy atom. The van der Waals surface area contributed by atoms with Crippen LogP contribution in [-0.4, -0.2) is 17.0 Å². The number of nitrogens with one attached hydrogen (secondary N) is 1. The fourth-order valence-corrected chi connectivity index (χ4v) is 2.15. The molecule has 0 radical (unpaired) electrons. The average molecular weight is 312 g/mol. The number of hydrogen-bond acceptors (Lipinski definition) is 4. The molecule has 1 unspecified atom stereocenters. The van der Waals surface area contributed by atoms with Crippen molar-refractivity contribution in [3.05, 3.63) is 59.5 Å². The van der Waals surface area contributed by atoms with Crippen LogP contribution >= 0.6 is 0 Å². The number of hydrogen-bond donors (Lipinski definition) is 2. The Balaban J connectivity index is 2.29. The van der Waals surface area contributed by atoms with Crippen molar-refractivity contribution in [2.24, 2.45) is 5.41 Å². The van der Waals surface area contributed by atoms with Crippen molar-refractivity contribution in [2.75, 3.05) is 0 Å². The van der Waals surface area contributed by atoms with Crippen molar-refractivity contribution in [3.8, 4) is 6.07 Å². The molecule has 1 atom stereocenters. The predicted octanol–water partition coefficient (Wildman–Crippen LogP) is 2.73. The highest BCUT2D eigenvalue weighted by molar-refractivity contribution is 5.95. The number of amides is 1. The van der Waals surface area contributed by atoms with Crippen LogP contribution in [0.2, 0.25) is 0 Å². The first kappa shape index (κ1) is 16.3. The molecule has 6 heteroatoms. The minimum Gasteiger partial charge on any atom is -0.481 e. The Labute approximate surface area is 133 Å². The van der Waals surface area contributed by atoms with Gasteiger partial charge in [-0.3, -0.25) is 9.59 Å². The molecule has 2 rings (SSSR count). The Bertz CT molecular complexity index is 740. The van der Waals surface area contributed by atoms with Gasteiger partial charge in [-0.1, -0.05) is 0 Å². The molecule has 0 fully saturated rings. The van der Waals surface area contributed by atoms with Gasteiger partial charge in [-0.15, -0.1) is 0 Å². The van der Waals surface area contributed by atoms with E-state index in [1.54, 1.807) is 6.07 Å². The quantitative estimate of drug-likeness (QED) is 0.883. The summed E-state index contributed by atoms with van der Waals surface area (Å²) in [4.78, 5) is 23.9. The molecule has 0 spiro atoms. The van der Waals surface area contributed by atoms with Gasteiger partial charge in [0.25, 0.3) is 5.91 Å². The van der Waals surface area contributed by atoms with Crippen molar-refractivity contribution in [1.29, 1.82) is 5.26 Å². The summed E-state index contributed by atoms with van der Waals surface area (Å²) >= 11 is 0. The summed E-state index contributed by atoms with van der Waals surface area (Å²) in [6.45, 7) is 3.07. The van der Waals surface area contributed by atoms with Crippen LogP contribution in [0.5, 0.6) is 0 Å². The summed E-state index contributed by atoms with van der Waals surface area (Å²) in [5.41, 5.74) is 0.128. The number of benzene rings is 1. The zero-order valence-corrected chi connectivity index (χ0v) is 12.7. The molecule has 0 aliphatic rings. The molecular weight excluding hydrogens is 296 g/mol. The first-order valence-corrected chi connectivity index (χ1v) is 6.92. The van der Waals surface area contributed by atoms with Gasteiger partial charge < -0.3 is 14.8 Å². The molecule has 0 bridgehead atoms. The Kier molecular flexibility index (Phi) is 4.51. The highest BCUT2D eigenvalue weighted by Gasteiger charge is 2.39. The van der Waals surface area contributed by atoms with Crippen molar-refractivity contribution < 1.29 is 19.1 Å². The van der Waals surface area contributed by atoms with Gasteiger partial charge in [-0.2, -0.15) is 5.26 Å². The van der Waals surface area contributed by atoms with Gasteiger partial charge in [0, 0.05) is 11.1 Å². The predicted molar refractivity (Wildman–Crippen MR) is 81.5 cm³/mol. The topological polar surface area (TPSA) is 103 Å². The largest absolute Gasteiger partial charge is 0.481 e. The van der Waals surface area contributed by atoms with E-state index in [1.807, 2.05) is 6.07 Å². The Hall–Kier alpha value is -3.07. The van der Waals surface area contributed by atoms with Gasteiger partial charge in [0.05, 0.1) is 35.6 Å². The number of carboxylic acid groups (broad SMARTS) is 1. The van der Waals surface area contributed by atoms with Gasteiger partial charge in [0.2, 0.25) is 0 Å². The van der Waals surface area contributed by atoms with Crippen LogP contribution in [0.15, 0.2) is 47.3 Å². The Morgan fingerprint density at radius 1 is 1.26 bits per heavy atom. The van der Waals surface area contributed by atoms with Gasteiger partial charge in [0.1, 0.15) is 0 Å². The summed E-state index contributed by atoms with van der Waals surface area (Å²) in [5, 5.41) is 21.0. The minimum absolute atomic E-state index is 0.346. The monoisotopic (exact) mass is 312 g/mol. The molecule has 0 saturated heterocycles. The number of rotatable bonds is 5. The van der Waals surface area contributed by atoms with Crippen LogP contribution in [0.25, 0.3) is 0 Å². The Morgan fingerprint density at radius 2 is 1.91 bits per heavy atom. The molecule has 1 aromatic carbocycles. The fourth-order valence-electron chi connectivity index (χ4n) is 2.15. The van der Waals surface area contributed by atoms with E-state index in [9.17, 15) is 14.7 Å². The molecule has 23 heavy (non-hydrogen) atoms. The summed E-state index contributed by atoms with van der Waals surface area (Å²) in [7, 11) is 0. The van der Waals surface area contributed by atoms with Gasteiger partial charge >= 0.3 is 5.97 Å². The molecule has 118 valence electrons. The fraction of sp³-hybridized carbons (Fsp3) is 0.235. The maximum absolute atomic E-state index is 12.4. The lowest BCUT2D eigenvalue weighted by molar-refractivity contribution is -0.148. The van der Waals surface area contributed by atoms with Crippen LogP contribution in [0.1, 0.15) is 41.4 Å². The van der Waals surface area contributed by atoms with Crippen molar-refractivity contribution in [2.45, 2.75) is 19.9 Å². The van der Waals surface area contributed by atoms with Crippen LogP contribution in [0.4, 0.5) is 0 Å². The normalized spacial score (nSPS) is 12.2. The number of aliphatic carboxylic acids is 1.